The maximum atomic E-state index is 12.3. The lowest BCUT2D eigenvalue weighted by Gasteiger charge is -2.20. The highest BCUT2D eigenvalue weighted by atomic mass is 32.1. The Morgan fingerprint density at radius 3 is 2.04 bits per heavy atom. The quantitative estimate of drug-likeness (QED) is 0.160. The van der Waals surface area contributed by atoms with Crippen LogP contribution in [0.3, 0.4) is 0 Å². The van der Waals surface area contributed by atoms with Gasteiger partial charge in [0, 0.05) is 6.42 Å². The number of carbonyl (C=O) groups excluding carboxylic acids is 3. The lowest BCUT2D eigenvalue weighted by molar-refractivity contribution is -0.138. The van der Waals surface area contributed by atoms with Gasteiger partial charge in [-0.05, 0) is 12.8 Å². The van der Waals surface area contributed by atoms with Crippen molar-refractivity contribution in [1.82, 2.24) is 16.0 Å². The van der Waals surface area contributed by atoms with Crippen molar-refractivity contribution >= 4 is 42.3 Å². The number of carboxylic acids is 2. The molecule has 0 saturated heterocycles. The molecule has 0 aromatic heterocycles. The lowest BCUT2D eigenvalue weighted by Crippen LogP contribution is -2.50. The molecule has 11 heteroatoms. The molecule has 0 aliphatic rings. The fourth-order valence-electron chi connectivity index (χ4n) is 2.26. The zero-order chi connectivity index (χ0) is 21.5. The molecule has 0 bridgehead atoms. The summed E-state index contributed by atoms with van der Waals surface area (Å²) in [5.74, 6) is -4.29. The van der Waals surface area contributed by atoms with E-state index in [1.807, 2.05) is 0 Å². The van der Waals surface area contributed by atoms with E-state index in [1.54, 1.807) is 0 Å². The van der Waals surface area contributed by atoms with Crippen LogP contribution in [0, 0.1) is 0 Å². The summed E-state index contributed by atoms with van der Waals surface area (Å²) < 4.78 is 0. The predicted molar refractivity (Wildman–Crippen MR) is 104 cm³/mol. The van der Waals surface area contributed by atoms with Gasteiger partial charge in [-0.25, -0.2) is 0 Å². The van der Waals surface area contributed by atoms with Crippen LogP contribution in [0.5, 0.6) is 0 Å². The Bertz CT molecular complexity index is 557. The molecule has 2 atom stereocenters. The molecule has 0 spiro atoms. The van der Waals surface area contributed by atoms with Gasteiger partial charge in [-0.1, -0.05) is 32.6 Å². The highest BCUT2D eigenvalue weighted by Gasteiger charge is 2.24. The third kappa shape index (κ3) is 13.0. The minimum absolute atomic E-state index is 0.112. The molecule has 0 radical (unpaired) electrons. The summed E-state index contributed by atoms with van der Waals surface area (Å²) in [4.78, 5) is 57.1. The minimum atomic E-state index is -1.25. The third-order valence-electron chi connectivity index (χ3n) is 3.78. The maximum absolute atomic E-state index is 12.3. The van der Waals surface area contributed by atoms with Gasteiger partial charge in [-0.2, -0.15) is 12.6 Å². The number of hydrogen-bond acceptors (Lipinski definition) is 6. The van der Waals surface area contributed by atoms with Gasteiger partial charge in [0.1, 0.15) is 19.1 Å². The van der Waals surface area contributed by atoms with Crippen molar-refractivity contribution in [3.8, 4) is 0 Å². The Morgan fingerprint density at radius 1 is 0.857 bits per heavy atom. The molecule has 28 heavy (non-hydrogen) atoms. The molecule has 0 aliphatic carbocycles. The first-order valence-electron chi connectivity index (χ1n) is 9.13. The number of amides is 3. The van der Waals surface area contributed by atoms with Crippen molar-refractivity contribution in [1.29, 1.82) is 0 Å². The zero-order valence-electron chi connectivity index (χ0n) is 15.9. The lowest BCUT2D eigenvalue weighted by atomic mass is 10.1. The molecule has 2 unspecified atom stereocenters. The summed E-state index contributed by atoms with van der Waals surface area (Å²) in [6, 6.07) is -1.13. The summed E-state index contributed by atoms with van der Waals surface area (Å²) in [6.45, 7) is 0.882. The number of hydrogen-bond donors (Lipinski definition) is 6. The van der Waals surface area contributed by atoms with E-state index in [-0.39, 0.29) is 12.8 Å². The van der Waals surface area contributed by atoms with Crippen molar-refractivity contribution in [2.24, 2.45) is 0 Å². The van der Waals surface area contributed by atoms with Crippen LogP contribution in [0.15, 0.2) is 0 Å². The molecule has 10 nitrogen and oxygen atoms in total. The molecule has 0 heterocycles. The Kier molecular flexibility index (Phi) is 13.5. The van der Waals surface area contributed by atoms with E-state index in [4.69, 9.17) is 10.2 Å². The first-order valence-corrected chi connectivity index (χ1v) is 9.65. The van der Waals surface area contributed by atoms with E-state index < -0.39 is 54.0 Å². The molecule has 0 saturated carbocycles. The third-order valence-corrected chi connectivity index (χ3v) is 4.27. The SMILES string of the molecule is CCCCCCC(S)C(=O)NC(CCC(=O)NCC(=O)O)C(=O)NCC(=O)O. The molecule has 0 aromatic rings. The summed E-state index contributed by atoms with van der Waals surface area (Å²) in [6.07, 6.45) is 4.08. The first-order chi connectivity index (χ1) is 13.2. The van der Waals surface area contributed by atoms with Crippen LogP contribution in [0.4, 0.5) is 0 Å². The number of rotatable bonds is 15. The zero-order valence-corrected chi connectivity index (χ0v) is 16.8. The molecule has 160 valence electrons. The van der Waals surface area contributed by atoms with Crippen molar-refractivity contribution in [2.45, 2.75) is 63.2 Å². The van der Waals surface area contributed by atoms with E-state index in [0.717, 1.165) is 25.7 Å². The van der Waals surface area contributed by atoms with Crippen LogP contribution in [-0.4, -0.2) is 64.3 Å². The normalized spacial score (nSPS) is 12.5. The van der Waals surface area contributed by atoms with Gasteiger partial charge in [0.25, 0.3) is 0 Å². The first kappa shape index (κ1) is 25.7. The van der Waals surface area contributed by atoms with Crippen LogP contribution >= 0.6 is 12.6 Å². The monoisotopic (exact) mass is 419 g/mol. The second kappa shape index (κ2) is 14.7. The van der Waals surface area contributed by atoms with Gasteiger partial charge in [-0.15, -0.1) is 0 Å². The second-order valence-corrected chi connectivity index (χ2v) is 6.87. The topological polar surface area (TPSA) is 162 Å². The van der Waals surface area contributed by atoms with Gasteiger partial charge in [0.05, 0.1) is 5.25 Å². The number of thiol groups is 1. The van der Waals surface area contributed by atoms with Crippen molar-refractivity contribution in [3.63, 3.8) is 0 Å². The molecule has 3 amide bonds. The van der Waals surface area contributed by atoms with Gasteiger partial charge in [-0.3, -0.25) is 24.0 Å². The Labute approximate surface area is 169 Å². The smallest absolute Gasteiger partial charge is 0.322 e. The summed E-state index contributed by atoms with van der Waals surface area (Å²) in [5.41, 5.74) is 0. The fourth-order valence-corrected chi connectivity index (χ4v) is 2.51. The predicted octanol–water partition coefficient (Wildman–Crippen LogP) is -0.0782. The second-order valence-electron chi connectivity index (χ2n) is 6.25. The molecule has 5 N–H and O–H groups in total. The maximum Gasteiger partial charge on any atom is 0.322 e. The molecule has 0 aliphatic heterocycles. The minimum Gasteiger partial charge on any atom is -0.480 e. The van der Waals surface area contributed by atoms with Gasteiger partial charge >= 0.3 is 11.9 Å². The van der Waals surface area contributed by atoms with Crippen molar-refractivity contribution in [3.05, 3.63) is 0 Å². The number of aliphatic carboxylic acids is 2. The van der Waals surface area contributed by atoms with E-state index >= 15 is 0 Å². The van der Waals surface area contributed by atoms with E-state index in [2.05, 4.69) is 35.5 Å². The number of nitrogens with one attached hydrogen (secondary N) is 3. The van der Waals surface area contributed by atoms with Gasteiger partial charge in [0.15, 0.2) is 0 Å². The molecular formula is C17H29N3O7S. The standard InChI is InChI=1S/C17H29N3O7S/c1-2-3-4-5-6-12(28)17(27)20-11(16(26)19-10-15(24)25)7-8-13(21)18-9-14(22)23/h11-12,28H,2-10H2,1H3,(H,18,21)(H,19,26)(H,20,27)(H,22,23)(H,24,25). The van der Waals surface area contributed by atoms with Crippen molar-refractivity contribution in [2.75, 3.05) is 13.1 Å². The number of carboxylic acid groups (broad SMARTS) is 2. The molecule has 0 rings (SSSR count). The molecular weight excluding hydrogens is 390 g/mol. The van der Waals surface area contributed by atoms with Crippen LogP contribution in [-0.2, 0) is 24.0 Å². The number of unbranched alkanes of at least 4 members (excludes halogenated alkanes) is 3. The number of carbonyl (C=O) groups is 5. The average Bonchev–Trinajstić information content (AvgIpc) is 2.64. The summed E-state index contributed by atoms with van der Waals surface area (Å²) in [5, 5.41) is 23.4. The van der Waals surface area contributed by atoms with Gasteiger partial charge < -0.3 is 26.2 Å². The Morgan fingerprint density at radius 2 is 1.46 bits per heavy atom. The van der Waals surface area contributed by atoms with Crippen LogP contribution in [0.25, 0.3) is 0 Å². The summed E-state index contributed by atoms with van der Waals surface area (Å²) >= 11 is 4.24. The van der Waals surface area contributed by atoms with Crippen LogP contribution in [0.2, 0.25) is 0 Å². The molecule has 0 aromatic carbocycles. The van der Waals surface area contributed by atoms with Gasteiger partial charge in [0.2, 0.25) is 17.7 Å². The van der Waals surface area contributed by atoms with Crippen LogP contribution in [0.1, 0.15) is 51.9 Å². The Hall–Kier alpha value is -2.30. The van der Waals surface area contributed by atoms with E-state index in [9.17, 15) is 24.0 Å². The largest absolute Gasteiger partial charge is 0.480 e. The Balaban J connectivity index is 4.71. The fraction of sp³-hybridized carbons (Fsp3) is 0.706. The highest BCUT2D eigenvalue weighted by Crippen LogP contribution is 2.11. The average molecular weight is 420 g/mol. The van der Waals surface area contributed by atoms with E-state index in [0.29, 0.717) is 6.42 Å². The molecule has 0 fully saturated rings. The van der Waals surface area contributed by atoms with E-state index in [1.165, 1.54) is 0 Å². The highest BCUT2D eigenvalue weighted by molar-refractivity contribution is 7.81. The summed E-state index contributed by atoms with van der Waals surface area (Å²) in [7, 11) is 0. The van der Waals surface area contributed by atoms with Crippen molar-refractivity contribution < 1.29 is 34.2 Å². The van der Waals surface area contributed by atoms with Crippen LogP contribution < -0.4 is 16.0 Å².